The van der Waals surface area contributed by atoms with E-state index in [4.69, 9.17) is 5.73 Å². The van der Waals surface area contributed by atoms with Crippen LogP contribution in [0.5, 0.6) is 5.75 Å². The van der Waals surface area contributed by atoms with E-state index in [1.807, 2.05) is 29.0 Å². The Balaban J connectivity index is 0.00000128. The van der Waals surface area contributed by atoms with Crippen LogP contribution in [-0.4, -0.2) is 5.11 Å². The van der Waals surface area contributed by atoms with E-state index in [2.05, 4.69) is 15.9 Å². The molecule has 0 unspecified atom stereocenters. The minimum absolute atomic E-state index is 0. The van der Waals surface area contributed by atoms with E-state index in [9.17, 15) is 5.11 Å². The minimum Gasteiger partial charge on any atom is -0.507 e. The summed E-state index contributed by atoms with van der Waals surface area (Å²) in [6, 6.07) is 7.20. The van der Waals surface area contributed by atoms with Gasteiger partial charge in [-0.25, -0.2) is 0 Å². The van der Waals surface area contributed by atoms with Crippen LogP contribution >= 0.6 is 39.7 Å². The van der Waals surface area contributed by atoms with Gasteiger partial charge in [0.25, 0.3) is 0 Å². The van der Waals surface area contributed by atoms with Crippen molar-refractivity contribution >= 4 is 39.7 Å². The predicted octanol–water partition coefficient (Wildman–Crippen LogP) is 3.69. The van der Waals surface area contributed by atoms with Crippen LogP contribution < -0.4 is 5.73 Å². The van der Waals surface area contributed by atoms with Gasteiger partial charge in [0.1, 0.15) is 5.75 Å². The summed E-state index contributed by atoms with van der Waals surface area (Å²) < 4.78 is 0.672. The number of rotatable bonds is 2. The molecule has 1 atom stereocenters. The minimum atomic E-state index is -0.131. The molecule has 3 N–H and O–H groups in total. The molecule has 2 nitrogen and oxygen atoms in total. The maximum absolute atomic E-state index is 9.37. The lowest BCUT2D eigenvalue weighted by atomic mass is 10.0. The first-order chi connectivity index (χ1) is 7.18. The highest BCUT2D eigenvalue weighted by Crippen LogP contribution is 2.29. The SMILES string of the molecule is Cl.N[C@@H](c1ccsc1)c1ccc(O)c(Br)c1. The second-order valence-corrected chi connectivity index (χ2v) is 4.88. The monoisotopic (exact) mass is 319 g/mol. The van der Waals surface area contributed by atoms with Gasteiger partial charge in [-0.1, -0.05) is 6.07 Å². The molecule has 0 aliphatic rings. The fourth-order valence-corrected chi connectivity index (χ4v) is 2.45. The van der Waals surface area contributed by atoms with Gasteiger partial charge < -0.3 is 10.8 Å². The van der Waals surface area contributed by atoms with Crippen LogP contribution in [0.3, 0.4) is 0 Å². The summed E-state index contributed by atoms with van der Waals surface area (Å²) in [6.45, 7) is 0. The number of hydrogen-bond acceptors (Lipinski definition) is 3. The molecule has 5 heteroatoms. The molecule has 0 saturated heterocycles. The molecule has 0 aliphatic carbocycles. The van der Waals surface area contributed by atoms with Crippen LogP contribution in [0, 0.1) is 0 Å². The maximum atomic E-state index is 9.37. The van der Waals surface area contributed by atoms with Crippen molar-refractivity contribution in [2.24, 2.45) is 5.73 Å². The van der Waals surface area contributed by atoms with Crippen molar-refractivity contribution in [2.75, 3.05) is 0 Å². The Morgan fingerprint density at radius 3 is 2.56 bits per heavy atom. The van der Waals surface area contributed by atoms with Gasteiger partial charge >= 0.3 is 0 Å². The lowest BCUT2D eigenvalue weighted by Gasteiger charge is -2.11. The third-order valence-electron chi connectivity index (χ3n) is 2.23. The number of aromatic hydroxyl groups is 1. The molecule has 1 heterocycles. The van der Waals surface area contributed by atoms with Crippen LogP contribution in [0.15, 0.2) is 39.5 Å². The summed E-state index contributed by atoms with van der Waals surface area (Å²) >= 11 is 4.90. The van der Waals surface area contributed by atoms with Crippen molar-refractivity contribution in [3.05, 3.63) is 50.6 Å². The molecule has 86 valence electrons. The van der Waals surface area contributed by atoms with Gasteiger partial charge in [0, 0.05) is 0 Å². The molecule has 0 bridgehead atoms. The zero-order valence-electron chi connectivity index (χ0n) is 8.26. The van der Waals surface area contributed by atoms with Crippen molar-refractivity contribution in [3.63, 3.8) is 0 Å². The smallest absolute Gasteiger partial charge is 0.129 e. The fourth-order valence-electron chi connectivity index (χ4n) is 1.36. The lowest BCUT2D eigenvalue weighted by molar-refractivity contribution is 0.471. The Morgan fingerprint density at radius 2 is 2.00 bits per heavy atom. The number of thiophene rings is 1. The summed E-state index contributed by atoms with van der Waals surface area (Å²) in [5, 5.41) is 13.4. The standard InChI is InChI=1S/C11H10BrNOS.ClH/c12-9-5-7(1-2-10(9)14)11(13)8-3-4-15-6-8;/h1-6,11,14H,13H2;1H/t11-;/m1./s1. The van der Waals surface area contributed by atoms with Crippen molar-refractivity contribution < 1.29 is 5.11 Å². The van der Waals surface area contributed by atoms with E-state index < -0.39 is 0 Å². The molecule has 0 spiro atoms. The van der Waals surface area contributed by atoms with Crippen molar-refractivity contribution in [1.82, 2.24) is 0 Å². The van der Waals surface area contributed by atoms with Crippen molar-refractivity contribution in [1.29, 1.82) is 0 Å². The highest BCUT2D eigenvalue weighted by molar-refractivity contribution is 9.10. The fraction of sp³-hybridized carbons (Fsp3) is 0.0909. The molecular weight excluding hydrogens is 310 g/mol. The molecule has 1 aromatic heterocycles. The number of benzene rings is 1. The Kier molecular flexibility index (Phi) is 4.80. The summed E-state index contributed by atoms with van der Waals surface area (Å²) in [5.74, 6) is 0.233. The van der Waals surface area contributed by atoms with E-state index >= 15 is 0 Å². The zero-order valence-corrected chi connectivity index (χ0v) is 11.5. The Hall–Kier alpha value is -0.550. The number of nitrogens with two attached hydrogens (primary N) is 1. The molecule has 2 aromatic rings. The van der Waals surface area contributed by atoms with Crippen molar-refractivity contribution in [2.45, 2.75) is 6.04 Å². The molecule has 2 rings (SSSR count). The first-order valence-corrected chi connectivity index (χ1v) is 6.18. The molecule has 0 aliphatic heterocycles. The molecule has 1 aromatic carbocycles. The lowest BCUT2D eigenvalue weighted by Crippen LogP contribution is -2.10. The molecule has 0 saturated carbocycles. The van der Waals surface area contributed by atoms with Gasteiger partial charge in [0.15, 0.2) is 0 Å². The average Bonchev–Trinajstić information content (AvgIpc) is 2.74. The summed E-state index contributed by atoms with van der Waals surface area (Å²) in [7, 11) is 0. The molecular formula is C11H11BrClNOS. The van der Waals surface area contributed by atoms with Crippen LogP contribution in [-0.2, 0) is 0 Å². The summed E-state index contributed by atoms with van der Waals surface area (Å²) in [6.07, 6.45) is 0. The predicted molar refractivity (Wildman–Crippen MR) is 73.4 cm³/mol. The molecule has 0 fully saturated rings. The van der Waals surface area contributed by atoms with Gasteiger partial charge in [-0.2, -0.15) is 11.3 Å². The Bertz CT molecular complexity index is 461. The van der Waals surface area contributed by atoms with E-state index in [0.29, 0.717) is 4.47 Å². The van der Waals surface area contributed by atoms with Crippen LogP contribution in [0.2, 0.25) is 0 Å². The first-order valence-electron chi connectivity index (χ1n) is 4.44. The highest BCUT2D eigenvalue weighted by Gasteiger charge is 2.10. The third-order valence-corrected chi connectivity index (χ3v) is 3.57. The van der Waals surface area contributed by atoms with E-state index in [0.717, 1.165) is 11.1 Å². The van der Waals surface area contributed by atoms with E-state index in [1.165, 1.54) is 0 Å². The first kappa shape index (κ1) is 13.5. The summed E-state index contributed by atoms with van der Waals surface area (Å²) in [4.78, 5) is 0. The van der Waals surface area contributed by atoms with Gasteiger partial charge in [-0.3, -0.25) is 0 Å². The zero-order chi connectivity index (χ0) is 10.8. The highest BCUT2D eigenvalue weighted by atomic mass is 79.9. The van der Waals surface area contributed by atoms with Crippen LogP contribution in [0.1, 0.15) is 17.2 Å². The third kappa shape index (κ3) is 2.77. The molecule has 0 amide bonds. The summed E-state index contributed by atoms with van der Waals surface area (Å²) in [5.41, 5.74) is 8.16. The number of halogens is 2. The largest absolute Gasteiger partial charge is 0.507 e. The number of hydrogen-bond donors (Lipinski definition) is 2. The average molecular weight is 321 g/mol. The van der Waals surface area contributed by atoms with Gasteiger partial charge in [-0.15, -0.1) is 12.4 Å². The van der Waals surface area contributed by atoms with Gasteiger partial charge in [0.2, 0.25) is 0 Å². The maximum Gasteiger partial charge on any atom is 0.129 e. The quantitative estimate of drug-likeness (QED) is 0.886. The Labute approximate surface area is 113 Å². The number of phenols is 1. The van der Waals surface area contributed by atoms with Gasteiger partial charge in [-0.05, 0) is 56.0 Å². The molecule has 0 radical (unpaired) electrons. The van der Waals surface area contributed by atoms with Crippen molar-refractivity contribution in [3.8, 4) is 5.75 Å². The topological polar surface area (TPSA) is 46.2 Å². The number of phenolic OH excluding ortho intramolecular Hbond substituents is 1. The van der Waals surface area contributed by atoms with E-state index in [1.54, 1.807) is 17.4 Å². The van der Waals surface area contributed by atoms with Crippen LogP contribution in [0.25, 0.3) is 0 Å². The molecule has 16 heavy (non-hydrogen) atoms. The van der Waals surface area contributed by atoms with Gasteiger partial charge in [0.05, 0.1) is 10.5 Å². The normalized spacial score (nSPS) is 11.9. The van der Waals surface area contributed by atoms with Crippen LogP contribution in [0.4, 0.5) is 0 Å². The van der Waals surface area contributed by atoms with E-state index in [-0.39, 0.29) is 24.2 Å². The second kappa shape index (κ2) is 5.68. The second-order valence-electron chi connectivity index (χ2n) is 3.25. The Morgan fingerprint density at radius 1 is 1.25 bits per heavy atom.